The van der Waals surface area contributed by atoms with Gasteiger partial charge in [0.2, 0.25) is 0 Å². The molecule has 3 rings (SSSR count). The summed E-state index contributed by atoms with van der Waals surface area (Å²) in [6, 6.07) is 10.2. The molecule has 5 nitrogen and oxygen atoms in total. The fourth-order valence-corrected chi connectivity index (χ4v) is 2.53. The third-order valence-electron chi connectivity index (χ3n) is 3.82. The molecule has 2 aromatic rings. The van der Waals surface area contributed by atoms with E-state index in [-0.39, 0.29) is 17.0 Å². The fourth-order valence-electron chi connectivity index (χ4n) is 2.31. The Bertz CT molecular complexity index is 873. The second-order valence-electron chi connectivity index (χ2n) is 5.94. The third kappa shape index (κ3) is 4.11. The third-order valence-corrected chi connectivity index (χ3v) is 4.15. The zero-order chi connectivity index (χ0) is 18.9. The minimum atomic E-state index is -2.78. The van der Waals surface area contributed by atoms with Gasteiger partial charge in [-0.15, -0.1) is 0 Å². The van der Waals surface area contributed by atoms with Crippen LogP contribution in [0.2, 0.25) is 5.02 Å². The lowest BCUT2D eigenvalue weighted by Gasteiger charge is -2.11. The van der Waals surface area contributed by atoms with E-state index in [1.165, 1.54) is 18.2 Å². The van der Waals surface area contributed by atoms with E-state index in [1.54, 1.807) is 31.2 Å². The Morgan fingerprint density at radius 2 is 1.92 bits per heavy atom. The van der Waals surface area contributed by atoms with Crippen LogP contribution in [0, 0.1) is 6.92 Å². The second-order valence-corrected chi connectivity index (χ2v) is 6.35. The first-order valence-electron chi connectivity index (χ1n) is 7.78. The van der Waals surface area contributed by atoms with E-state index < -0.39 is 24.0 Å². The van der Waals surface area contributed by atoms with Crippen molar-refractivity contribution in [3.05, 3.63) is 58.6 Å². The van der Waals surface area contributed by atoms with Crippen LogP contribution in [0.1, 0.15) is 22.3 Å². The Morgan fingerprint density at radius 3 is 2.54 bits per heavy atom. The Labute approximate surface area is 153 Å². The maximum absolute atomic E-state index is 12.9. The largest absolute Gasteiger partial charge is 0.484 e. The first kappa shape index (κ1) is 18.1. The van der Waals surface area contributed by atoms with Crippen molar-refractivity contribution in [2.45, 2.75) is 25.4 Å². The summed E-state index contributed by atoms with van der Waals surface area (Å²) >= 11 is 5.91. The molecule has 1 aliphatic carbocycles. The lowest BCUT2D eigenvalue weighted by molar-refractivity contribution is 0.0663. The summed E-state index contributed by atoms with van der Waals surface area (Å²) in [5.74, 6) is -3.09. The van der Waals surface area contributed by atoms with Crippen molar-refractivity contribution in [2.75, 3.05) is 5.32 Å². The highest BCUT2D eigenvalue weighted by molar-refractivity contribution is 6.34. The van der Waals surface area contributed by atoms with Crippen LogP contribution in [0.5, 0.6) is 5.75 Å². The van der Waals surface area contributed by atoms with Crippen LogP contribution in [-0.2, 0) is 0 Å². The highest BCUT2D eigenvalue weighted by atomic mass is 35.5. The summed E-state index contributed by atoms with van der Waals surface area (Å²) in [5, 5.41) is 4.90. The summed E-state index contributed by atoms with van der Waals surface area (Å²) in [7, 11) is 0. The molecule has 0 radical (unpaired) electrons. The molecule has 0 aliphatic heterocycles. The van der Waals surface area contributed by atoms with Gasteiger partial charge in [-0.05, 0) is 42.8 Å². The van der Waals surface area contributed by atoms with Crippen LogP contribution in [-0.4, -0.2) is 24.0 Å². The molecule has 8 heteroatoms. The topological polar surface area (TPSA) is 67.4 Å². The number of aryl methyl sites for hydroxylation is 1. The number of ether oxygens (including phenoxy) is 1. The summed E-state index contributed by atoms with van der Waals surface area (Å²) in [4.78, 5) is 24.0. The summed E-state index contributed by atoms with van der Waals surface area (Å²) in [6.45, 7) is 1.67. The summed E-state index contributed by atoms with van der Waals surface area (Å²) < 4.78 is 31.1. The number of rotatable bonds is 4. The van der Waals surface area contributed by atoms with Crippen LogP contribution in [0.3, 0.4) is 0 Å². The minimum Gasteiger partial charge on any atom is -0.484 e. The van der Waals surface area contributed by atoms with Gasteiger partial charge in [0.05, 0.1) is 17.0 Å². The number of benzene rings is 2. The molecule has 0 aromatic heterocycles. The van der Waals surface area contributed by atoms with E-state index >= 15 is 0 Å². The van der Waals surface area contributed by atoms with Gasteiger partial charge in [0.1, 0.15) is 5.75 Å². The summed E-state index contributed by atoms with van der Waals surface area (Å²) in [5.41, 5.74) is 1.15. The highest BCUT2D eigenvalue weighted by Gasteiger charge is 2.59. The van der Waals surface area contributed by atoms with Crippen LogP contribution >= 0.6 is 11.6 Å². The van der Waals surface area contributed by atoms with E-state index in [2.05, 4.69) is 10.6 Å². The van der Waals surface area contributed by atoms with Gasteiger partial charge in [0, 0.05) is 5.69 Å². The number of imide groups is 1. The van der Waals surface area contributed by atoms with Crippen LogP contribution in [0.25, 0.3) is 0 Å². The predicted octanol–water partition coefficient (Wildman–Crippen LogP) is 4.40. The Kier molecular flexibility index (Phi) is 4.82. The van der Waals surface area contributed by atoms with E-state index in [0.717, 1.165) is 0 Å². The molecule has 2 N–H and O–H groups in total. The van der Waals surface area contributed by atoms with Gasteiger partial charge in [-0.3, -0.25) is 10.1 Å². The van der Waals surface area contributed by atoms with Gasteiger partial charge in [0.15, 0.2) is 6.10 Å². The van der Waals surface area contributed by atoms with Crippen molar-refractivity contribution in [1.29, 1.82) is 0 Å². The second kappa shape index (κ2) is 6.92. The predicted molar refractivity (Wildman–Crippen MR) is 93.1 cm³/mol. The van der Waals surface area contributed by atoms with Crippen molar-refractivity contribution in [3.63, 3.8) is 0 Å². The average Bonchev–Trinajstić information content (AvgIpc) is 3.16. The zero-order valence-electron chi connectivity index (χ0n) is 13.7. The SMILES string of the molecule is Cc1cc(NC(=O)NC(=O)c2ccccc2Cl)ccc1OC1CC1(F)F. The van der Waals surface area contributed by atoms with Crippen LogP contribution in [0.15, 0.2) is 42.5 Å². The van der Waals surface area contributed by atoms with Gasteiger partial charge in [-0.2, -0.15) is 0 Å². The monoisotopic (exact) mass is 380 g/mol. The molecule has 136 valence electrons. The summed E-state index contributed by atoms with van der Waals surface area (Å²) in [6.07, 6.45) is -1.39. The first-order chi connectivity index (χ1) is 12.3. The molecular formula is C18H15ClF2N2O3. The molecule has 2 aromatic carbocycles. The molecule has 1 aliphatic rings. The molecule has 0 heterocycles. The molecular weight excluding hydrogens is 366 g/mol. The Morgan fingerprint density at radius 1 is 1.23 bits per heavy atom. The smallest absolute Gasteiger partial charge is 0.326 e. The molecule has 3 amide bonds. The van der Waals surface area contributed by atoms with E-state index in [1.807, 2.05) is 0 Å². The van der Waals surface area contributed by atoms with Crippen molar-refractivity contribution in [2.24, 2.45) is 0 Å². The number of anilines is 1. The lowest BCUT2D eigenvalue weighted by Crippen LogP contribution is -2.34. The highest BCUT2D eigenvalue weighted by Crippen LogP contribution is 2.45. The van der Waals surface area contributed by atoms with Gasteiger partial charge in [0.25, 0.3) is 11.8 Å². The maximum Gasteiger partial charge on any atom is 0.326 e. The lowest BCUT2D eigenvalue weighted by atomic mass is 10.2. The number of hydrogen-bond acceptors (Lipinski definition) is 3. The molecule has 0 spiro atoms. The van der Waals surface area contributed by atoms with Gasteiger partial charge in [-0.25, -0.2) is 13.6 Å². The normalized spacial score (nSPS) is 17.3. The first-order valence-corrected chi connectivity index (χ1v) is 8.16. The number of halogens is 3. The fraction of sp³-hybridized carbons (Fsp3) is 0.222. The molecule has 1 unspecified atom stereocenters. The number of amides is 3. The van der Waals surface area contributed by atoms with E-state index in [4.69, 9.17) is 16.3 Å². The number of hydrogen-bond donors (Lipinski definition) is 2. The number of alkyl halides is 2. The van der Waals surface area contributed by atoms with E-state index in [0.29, 0.717) is 17.0 Å². The van der Waals surface area contributed by atoms with Crippen molar-refractivity contribution < 1.29 is 23.1 Å². The quantitative estimate of drug-likeness (QED) is 0.826. The molecule has 0 saturated heterocycles. The average molecular weight is 381 g/mol. The number of carbonyl (C=O) groups excluding carboxylic acids is 2. The van der Waals surface area contributed by atoms with Crippen molar-refractivity contribution in [1.82, 2.24) is 5.32 Å². The van der Waals surface area contributed by atoms with Crippen molar-refractivity contribution >= 4 is 29.2 Å². The van der Waals surface area contributed by atoms with Gasteiger partial charge in [-0.1, -0.05) is 23.7 Å². The van der Waals surface area contributed by atoms with E-state index in [9.17, 15) is 18.4 Å². The van der Waals surface area contributed by atoms with Gasteiger partial charge < -0.3 is 10.1 Å². The number of carbonyl (C=O) groups is 2. The molecule has 0 bridgehead atoms. The van der Waals surface area contributed by atoms with Crippen molar-refractivity contribution in [3.8, 4) is 5.75 Å². The zero-order valence-corrected chi connectivity index (χ0v) is 14.4. The Balaban J connectivity index is 1.60. The molecule has 26 heavy (non-hydrogen) atoms. The number of urea groups is 1. The molecule has 1 atom stereocenters. The maximum atomic E-state index is 12.9. The minimum absolute atomic E-state index is 0.176. The standard InChI is InChI=1S/C18H15ClF2N2O3/c1-10-8-11(6-7-14(10)26-15-9-18(15,20)21)22-17(25)23-16(24)12-4-2-3-5-13(12)19/h2-8,15H,9H2,1H3,(H2,22,23,24,25). The van der Waals surface area contributed by atoms with Crippen LogP contribution < -0.4 is 15.4 Å². The molecule has 1 fully saturated rings. The molecule has 1 saturated carbocycles. The number of nitrogens with one attached hydrogen (secondary N) is 2. The van der Waals surface area contributed by atoms with Gasteiger partial charge >= 0.3 is 6.03 Å². The van der Waals surface area contributed by atoms with Crippen LogP contribution in [0.4, 0.5) is 19.3 Å². The Hall–Kier alpha value is -2.67.